The maximum Gasteiger partial charge on any atom is 0.211 e. The van der Waals surface area contributed by atoms with Gasteiger partial charge in [-0.15, -0.1) is 6.42 Å². The predicted molar refractivity (Wildman–Crippen MR) is 49.8 cm³/mol. The van der Waals surface area contributed by atoms with Gasteiger partial charge in [0, 0.05) is 5.41 Å². The minimum Gasteiger partial charge on any atom is -0.284 e. The lowest BCUT2D eigenvalue weighted by molar-refractivity contribution is -0.124. The Hall–Kier alpha value is -0.770. The van der Waals surface area contributed by atoms with Crippen molar-refractivity contribution in [3.8, 4) is 12.3 Å². The van der Waals surface area contributed by atoms with Gasteiger partial charge in [-0.2, -0.15) is 0 Å². The van der Waals surface area contributed by atoms with Crippen molar-refractivity contribution in [3.63, 3.8) is 0 Å². The average Bonchev–Trinajstić information content (AvgIpc) is 2.51. The summed E-state index contributed by atoms with van der Waals surface area (Å²) in [6, 6.07) is 0. The molecule has 1 nitrogen and oxygen atoms in total. The summed E-state index contributed by atoms with van der Waals surface area (Å²) in [5.74, 6) is 4.79. The number of carbonyl (C=O) groups excluding carboxylic acids is 1. The molecule has 0 aromatic rings. The predicted octanol–water partition coefficient (Wildman–Crippen LogP) is 2.02. The van der Waals surface area contributed by atoms with E-state index in [-0.39, 0.29) is 11.2 Å². The van der Waals surface area contributed by atoms with Crippen molar-refractivity contribution in [2.24, 2.45) is 23.2 Å². The van der Waals surface area contributed by atoms with Crippen LogP contribution in [0.25, 0.3) is 0 Å². The van der Waals surface area contributed by atoms with E-state index in [9.17, 15) is 4.79 Å². The molecule has 0 aliphatic heterocycles. The van der Waals surface area contributed by atoms with E-state index in [1.165, 1.54) is 19.3 Å². The largest absolute Gasteiger partial charge is 0.284 e. The molecule has 2 atom stereocenters. The standard InChI is InChI=1S/C12H14O/c1-2-11(13)12-6-8-3-9(7-12)5-10(12)4-8/h1,8-10H,3-7H2. The van der Waals surface area contributed by atoms with E-state index in [4.69, 9.17) is 6.42 Å². The van der Waals surface area contributed by atoms with Crippen molar-refractivity contribution >= 4 is 5.78 Å². The van der Waals surface area contributed by atoms with E-state index in [1.54, 1.807) is 0 Å². The zero-order chi connectivity index (χ0) is 9.05. The zero-order valence-corrected chi connectivity index (χ0v) is 7.75. The summed E-state index contributed by atoms with van der Waals surface area (Å²) in [6.07, 6.45) is 11.4. The first-order valence-electron chi connectivity index (χ1n) is 5.25. The van der Waals surface area contributed by atoms with Crippen LogP contribution in [0.4, 0.5) is 0 Å². The molecule has 4 fully saturated rings. The summed E-state index contributed by atoms with van der Waals surface area (Å²) >= 11 is 0. The molecule has 0 saturated heterocycles. The highest BCUT2D eigenvalue weighted by atomic mass is 16.1. The maximum absolute atomic E-state index is 11.7. The molecule has 68 valence electrons. The number of terminal acetylenes is 1. The fraction of sp³-hybridized carbons (Fsp3) is 0.750. The van der Waals surface area contributed by atoms with Crippen LogP contribution in [-0.2, 0) is 4.79 Å². The Labute approximate surface area is 78.9 Å². The SMILES string of the molecule is C#CC(=O)C12CC3CC(CC1C3)C2. The van der Waals surface area contributed by atoms with Crippen molar-refractivity contribution in [2.45, 2.75) is 32.1 Å². The van der Waals surface area contributed by atoms with Crippen LogP contribution in [-0.4, -0.2) is 5.78 Å². The summed E-state index contributed by atoms with van der Waals surface area (Å²) in [5, 5.41) is 0. The van der Waals surface area contributed by atoms with Gasteiger partial charge in [0.05, 0.1) is 0 Å². The molecule has 0 radical (unpaired) electrons. The van der Waals surface area contributed by atoms with Gasteiger partial charge < -0.3 is 0 Å². The maximum atomic E-state index is 11.7. The Kier molecular flexibility index (Phi) is 1.28. The number of Topliss-reactive ketones (excluding diaryl/α,β-unsaturated/α-hetero) is 1. The molecule has 1 heteroatoms. The van der Waals surface area contributed by atoms with E-state index < -0.39 is 0 Å². The lowest BCUT2D eigenvalue weighted by atomic mass is 9.73. The first-order valence-corrected chi connectivity index (χ1v) is 5.25. The van der Waals surface area contributed by atoms with E-state index in [2.05, 4.69) is 5.92 Å². The van der Waals surface area contributed by atoms with Crippen LogP contribution in [0.3, 0.4) is 0 Å². The Bertz CT molecular complexity index is 296. The van der Waals surface area contributed by atoms with Gasteiger partial charge in [-0.25, -0.2) is 0 Å². The summed E-state index contributed by atoms with van der Waals surface area (Å²) < 4.78 is 0. The second-order valence-electron chi connectivity index (χ2n) is 5.17. The Morgan fingerprint density at radius 3 is 2.38 bits per heavy atom. The van der Waals surface area contributed by atoms with E-state index in [0.717, 1.165) is 24.7 Å². The minimum absolute atomic E-state index is 0.0394. The average molecular weight is 174 g/mol. The summed E-state index contributed by atoms with van der Waals surface area (Å²) in [6.45, 7) is 0. The molecule has 13 heavy (non-hydrogen) atoms. The van der Waals surface area contributed by atoms with E-state index in [1.807, 2.05) is 0 Å². The van der Waals surface area contributed by atoms with Gasteiger partial charge >= 0.3 is 0 Å². The van der Waals surface area contributed by atoms with Crippen LogP contribution >= 0.6 is 0 Å². The normalized spacial score (nSPS) is 50.8. The second-order valence-corrected chi connectivity index (χ2v) is 5.17. The van der Waals surface area contributed by atoms with Crippen molar-refractivity contribution in [1.29, 1.82) is 0 Å². The molecule has 4 saturated carbocycles. The second kappa shape index (κ2) is 2.18. The van der Waals surface area contributed by atoms with Crippen molar-refractivity contribution in [2.75, 3.05) is 0 Å². The van der Waals surface area contributed by atoms with Gasteiger partial charge in [0.25, 0.3) is 0 Å². The van der Waals surface area contributed by atoms with Crippen molar-refractivity contribution in [1.82, 2.24) is 0 Å². The lowest BCUT2D eigenvalue weighted by Crippen LogP contribution is -2.31. The van der Waals surface area contributed by atoms with Gasteiger partial charge in [0.15, 0.2) is 0 Å². The summed E-state index contributed by atoms with van der Waals surface area (Å²) in [5.41, 5.74) is -0.0394. The molecular weight excluding hydrogens is 160 g/mol. The third-order valence-electron chi connectivity index (χ3n) is 4.57. The third kappa shape index (κ3) is 0.771. The molecule has 0 aromatic heterocycles. The van der Waals surface area contributed by atoms with Crippen LogP contribution in [0, 0.1) is 35.5 Å². The third-order valence-corrected chi connectivity index (χ3v) is 4.57. The first-order chi connectivity index (χ1) is 6.24. The number of rotatable bonds is 1. The van der Waals surface area contributed by atoms with Crippen LogP contribution in [0.1, 0.15) is 32.1 Å². The highest BCUT2D eigenvalue weighted by molar-refractivity contribution is 6.00. The Balaban J connectivity index is 2.02. The topological polar surface area (TPSA) is 17.1 Å². The molecule has 2 unspecified atom stereocenters. The van der Waals surface area contributed by atoms with Gasteiger partial charge in [0.2, 0.25) is 5.78 Å². The minimum atomic E-state index is -0.0394. The Morgan fingerprint density at radius 2 is 1.85 bits per heavy atom. The van der Waals surface area contributed by atoms with Gasteiger partial charge in [-0.3, -0.25) is 4.79 Å². The van der Waals surface area contributed by atoms with Crippen LogP contribution in [0.2, 0.25) is 0 Å². The van der Waals surface area contributed by atoms with Crippen molar-refractivity contribution in [3.05, 3.63) is 0 Å². The number of hydrogen-bond acceptors (Lipinski definition) is 1. The molecule has 4 aliphatic carbocycles. The number of carbonyl (C=O) groups is 1. The molecule has 4 bridgehead atoms. The van der Waals surface area contributed by atoms with Crippen LogP contribution < -0.4 is 0 Å². The molecule has 0 spiro atoms. The quantitative estimate of drug-likeness (QED) is 0.439. The number of ketones is 1. The van der Waals surface area contributed by atoms with Gasteiger partial charge in [-0.1, -0.05) is 0 Å². The molecular formula is C12H14O. The van der Waals surface area contributed by atoms with Crippen LogP contribution in [0.5, 0.6) is 0 Å². The van der Waals surface area contributed by atoms with Crippen LogP contribution in [0.15, 0.2) is 0 Å². The van der Waals surface area contributed by atoms with E-state index in [0.29, 0.717) is 5.92 Å². The number of hydrogen-bond donors (Lipinski definition) is 0. The van der Waals surface area contributed by atoms with Gasteiger partial charge in [-0.05, 0) is 55.8 Å². The van der Waals surface area contributed by atoms with Crippen molar-refractivity contribution < 1.29 is 4.79 Å². The zero-order valence-electron chi connectivity index (χ0n) is 7.75. The molecule has 4 aliphatic rings. The summed E-state index contributed by atoms with van der Waals surface area (Å²) in [7, 11) is 0. The molecule has 0 amide bonds. The summed E-state index contributed by atoms with van der Waals surface area (Å²) in [4.78, 5) is 11.7. The molecule has 0 aromatic carbocycles. The Morgan fingerprint density at radius 1 is 1.23 bits per heavy atom. The first kappa shape index (κ1) is 7.62. The monoisotopic (exact) mass is 174 g/mol. The fourth-order valence-electron chi connectivity index (χ4n) is 4.31. The molecule has 0 heterocycles. The molecule has 0 N–H and O–H groups in total. The smallest absolute Gasteiger partial charge is 0.211 e. The highest BCUT2D eigenvalue weighted by Crippen LogP contribution is 2.65. The van der Waals surface area contributed by atoms with Gasteiger partial charge in [0.1, 0.15) is 0 Å². The molecule has 4 rings (SSSR count). The van der Waals surface area contributed by atoms with E-state index >= 15 is 0 Å². The fourth-order valence-corrected chi connectivity index (χ4v) is 4.31. The highest BCUT2D eigenvalue weighted by Gasteiger charge is 2.60. The lowest BCUT2D eigenvalue weighted by Gasteiger charge is -2.29.